The standard InChI is InChI=1S/C17H14F3N3O2/c1-23-14-6-5-9(7-13(14)22-16(23)25)10-3-2-4-12(17(18,19)20)11(10)8-15(21)24/h2-7H,8H2,1H3,(H2,21,24)(H,22,25). The van der Waals surface area contributed by atoms with Crippen molar-refractivity contribution in [2.24, 2.45) is 12.8 Å². The van der Waals surface area contributed by atoms with Crippen LogP contribution >= 0.6 is 0 Å². The van der Waals surface area contributed by atoms with Gasteiger partial charge in [0, 0.05) is 7.05 Å². The average Bonchev–Trinajstić information content (AvgIpc) is 2.80. The lowest BCUT2D eigenvalue weighted by molar-refractivity contribution is -0.138. The van der Waals surface area contributed by atoms with Crippen molar-refractivity contribution in [3.05, 3.63) is 58.0 Å². The molecule has 130 valence electrons. The molecule has 1 amide bonds. The third-order valence-electron chi connectivity index (χ3n) is 4.05. The molecule has 3 aromatic rings. The summed E-state index contributed by atoms with van der Waals surface area (Å²) in [6.07, 6.45) is -5.14. The third-order valence-corrected chi connectivity index (χ3v) is 4.05. The molecular weight excluding hydrogens is 335 g/mol. The second-order valence-electron chi connectivity index (χ2n) is 5.69. The SMILES string of the molecule is Cn1c(=O)[nH]c2cc(-c3cccc(C(F)(F)F)c3CC(N)=O)ccc21. The van der Waals surface area contributed by atoms with E-state index < -0.39 is 24.1 Å². The number of alkyl halides is 3. The van der Waals surface area contributed by atoms with Gasteiger partial charge in [0.05, 0.1) is 23.0 Å². The highest BCUT2D eigenvalue weighted by molar-refractivity contribution is 5.86. The summed E-state index contributed by atoms with van der Waals surface area (Å²) in [5.74, 6) is -0.854. The summed E-state index contributed by atoms with van der Waals surface area (Å²) < 4.78 is 41.3. The maximum absolute atomic E-state index is 13.3. The Bertz CT molecular complexity index is 1030. The molecule has 0 spiro atoms. The molecule has 1 aromatic heterocycles. The number of aryl methyl sites for hydroxylation is 1. The van der Waals surface area contributed by atoms with Crippen LogP contribution < -0.4 is 11.4 Å². The highest BCUT2D eigenvalue weighted by atomic mass is 19.4. The van der Waals surface area contributed by atoms with Gasteiger partial charge >= 0.3 is 11.9 Å². The van der Waals surface area contributed by atoms with Gasteiger partial charge in [-0.05, 0) is 34.9 Å². The van der Waals surface area contributed by atoms with Crippen LogP contribution in [0, 0.1) is 0 Å². The molecule has 2 aromatic carbocycles. The van der Waals surface area contributed by atoms with Crippen LogP contribution in [0.5, 0.6) is 0 Å². The number of nitrogens with two attached hydrogens (primary N) is 1. The number of halogens is 3. The predicted molar refractivity (Wildman–Crippen MR) is 86.9 cm³/mol. The molecule has 5 nitrogen and oxygen atoms in total. The summed E-state index contributed by atoms with van der Waals surface area (Å²) in [5.41, 5.74) is 5.56. The van der Waals surface area contributed by atoms with Crippen molar-refractivity contribution < 1.29 is 18.0 Å². The molecule has 0 radical (unpaired) electrons. The van der Waals surface area contributed by atoms with E-state index in [4.69, 9.17) is 5.73 Å². The second-order valence-corrected chi connectivity index (χ2v) is 5.69. The fourth-order valence-electron chi connectivity index (χ4n) is 2.89. The van der Waals surface area contributed by atoms with E-state index in [1.165, 1.54) is 16.7 Å². The zero-order chi connectivity index (χ0) is 18.4. The number of aromatic nitrogens is 2. The molecule has 0 aliphatic rings. The first-order chi connectivity index (χ1) is 11.7. The number of benzene rings is 2. The Morgan fingerprint density at radius 1 is 1.24 bits per heavy atom. The summed E-state index contributed by atoms with van der Waals surface area (Å²) in [6, 6.07) is 8.52. The van der Waals surface area contributed by atoms with Crippen LogP contribution in [-0.2, 0) is 24.4 Å². The highest BCUT2D eigenvalue weighted by Crippen LogP contribution is 2.37. The van der Waals surface area contributed by atoms with Crippen LogP contribution in [-0.4, -0.2) is 15.5 Å². The van der Waals surface area contributed by atoms with Gasteiger partial charge in [0.25, 0.3) is 0 Å². The molecule has 0 saturated heterocycles. The van der Waals surface area contributed by atoms with Crippen LogP contribution in [0.1, 0.15) is 11.1 Å². The number of hydrogen-bond donors (Lipinski definition) is 2. The minimum absolute atomic E-state index is 0.180. The molecule has 25 heavy (non-hydrogen) atoms. The molecule has 0 aliphatic carbocycles. The fraction of sp³-hybridized carbons (Fsp3) is 0.176. The molecule has 0 saturated carbocycles. The number of aromatic amines is 1. The van der Waals surface area contributed by atoms with Crippen molar-refractivity contribution in [1.29, 1.82) is 0 Å². The Kier molecular flexibility index (Phi) is 3.90. The summed E-state index contributed by atoms with van der Waals surface area (Å²) in [7, 11) is 1.59. The smallest absolute Gasteiger partial charge is 0.369 e. The molecule has 0 atom stereocenters. The van der Waals surface area contributed by atoms with Crippen LogP contribution in [0.2, 0.25) is 0 Å². The number of imidazole rings is 1. The van der Waals surface area contributed by atoms with Crippen molar-refractivity contribution >= 4 is 16.9 Å². The molecule has 8 heteroatoms. The quantitative estimate of drug-likeness (QED) is 0.762. The molecule has 3 N–H and O–H groups in total. The van der Waals surface area contributed by atoms with E-state index in [0.717, 1.165) is 6.07 Å². The van der Waals surface area contributed by atoms with Gasteiger partial charge in [-0.3, -0.25) is 9.36 Å². The number of carbonyl (C=O) groups is 1. The van der Waals surface area contributed by atoms with E-state index in [9.17, 15) is 22.8 Å². The first-order valence-corrected chi connectivity index (χ1v) is 7.35. The van der Waals surface area contributed by atoms with Crippen LogP contribution in [0.15, 0.2) is 41.2 Å². The van der Waals surface area contributed by atoms with E-state index in [2.05, 4.69) is 4.98 Å². The number of rotatable bonds is 3. The van der Waals surface area contributed by atoms with Crippen LogP contribution in [0.3, 0.4) is 0 Å². The second kappa shape index (κ2) is 5.80. The van der Waals surface area contributed by atoms with Crippen molar-refractivity contribution in [1.82, 2.24) is 9.55 Å². The molecule has 0 bridgehead atoms. The molecular formula is C17H14F3N3O2. The Morgan fingerprint density at radius 3 is 2.60 bits per heavy atom. The van der Waals surface area contributed by atoms with Crippen LogP contribution in [0.4, 0.5) is 13.2 Å². The zero-order valence-electron chi connectivity index (χ0n) is 13.1. The number of hydrogen-bond acceptors (Lipinski definition) is 2. The monoisotopic (exact) mass is 349 g/mol. The summed E-state index contributed by atoms with van der Waals surface area (Å²) >= 11 is 0. The van der Waals surface area contributed by atoms with E-state index in [0.29, 0.717) is 16.6 Å². The Morgan fingerprint density at radius 2 is 1.96 bits per heavy atom. The number of nitrogens with zero attached hydrogens (tertiary/aromatic N) is 1. The van der Waals surface area contributed by atoms with E-state index in [1.54, 1.807) is 25.2 Å². The van der Waals surface area contributed by atoms with Gasteiger partial charge in [-0.25, -0.2) is 4.79 Å². The maximum atomic E-state index is 13.3. The van der Waals surface area contributed by atoms with E-state index in [1.807, 2.05) is 0 Å². The van der Waals surface area contributed by atoms with Gasteiger partial charge < -0.3 is 10.7 Å². The van der Waals surface area contributed by atoms with Gasteiger partial charge in [-0.1, -0.05) is 18.2 Å². The highest BCUT2D eigenvalue weighted by Gasteiger charge is 2.34. The molecule has 3 rings (SSSR count). The first kappa shape index (κ1) is 16.8. The first-order valence-electron chi connectivity index (χ1n) is 7.35. The minimum Gasteiger partial charge on any atom is -0.369 e. The number of carbonyl (C=O) groups excluding carboxylic acids is 1. The Balaban J connectivity index is 2.26. The van der Waals surface area contributed by atoms with Gasteiger partial charge in [-0.15, -0.1) is 0 Å². The third kappa shape index (κ3) is 3.02. The van der Waals surface area contributed by atoms with Gasteiger partial charge in [-0.2, -0.15) is 13.2 Å². The van der Waals surface area contributed by atoms with Crippen molar-refractivity contribution in [2.75, 3.05) is 0 Å². The number of H-pyrrole nitrogens is 1. The largest absolute Gasteiger partial charge is 0.416 e. The minimum atomic E-state index is -4.61. The average molecular weight is 349 g/mol. The van der Waals surface area contributed by atoms with Crippen molar-refractivity contribution in [3.8, 4) is 11.1 Å². The maximum Gasteiger partial charge on any atom is 0.416 e. The van der Waals surface area contributed by atoms with Crippen LogP contribution in [0.25, 0.3) is 22.2 Å². The number of amides is 1. The Labute approximate surface area is 139 Å². The fourth-order valence-corrected chi connectivity index (χ4v) is 2.89. The lowest BCUT2D eigenvalue weighted by atomic mass is 9.92. The van der Waals surface area contributed by atoms with Crippen molar-refractivity contribution in [3.63, 3.8) is 0 Å². The lowest BCUT2D eigenvalue weighted by Gasteiger charge is -2.16. The lowest BCUT2D eigenvalue weighted by Crippen LogP contribution is -2.18. The Hall–Kier alpha value is -3.03. The van der Waals surface area contributed by atoms with Crippen molar-refractivity contribution in [2.45, 2.75) is 12.6 Å². The number of fused-ring (bicyclic) bond motifs is 1. The van der Waals surface area contributed by atoms with Gasteiger partial charge in [0.15, 0.2) is 0 Å². The summed E-state index contributed by atoms with van der Waals surface area (Å²) in [4.78, 5) is 25.6. The van der Waals surface area contributed by atoms with E-state index in [-0.39, 0.29) is 16.8 Å². The molecule has 1 heterocycles. The molecule has 0 fully saturated rings. The van der Waals surface area contributed by atoms with Gasteiger partial charge in [0.2, 0.25) is 5.91 Å². The number of nitrogens with one attached hydrogen (secondary N) is 1. The zero-order valence-corrected chi connectivity index (χ0v) is 13.1. The normalized spacial score (nSPS) is 11.8. The summed E-state index contributed by atoms with van der Waals surface area (Å²) in [5, 5.41) is 0. The van der Waals surface area contributed by atoms with E-state index >= 15 is 0 Å². The molecule has 0 unspecified atom stereocenters. The summed E-state index contributed by atoms with van der Waals surface area (Å²) in [6.45, 7) is 0. The topological polar surface area (TPSA) is 80.9 Å². The molecule has 0 aliphatic heterocycles. The predicted octanol–water partition coefficient (Wildman–Crippen LogP) is 2.58. The number of primary amides is 1. The van der Waals surface area contributed by atoms with Gasteiger partial charge in [0.1, 0.15) is 0 Å².